The van der Waals surface area contributed by atoms with E-state index in [1.807, 2.05) is 0 Å². The minimum absolute atomic E-state index is 0.0696. The van der Waals surface area contributed by atoms with Gasteiger partial charge in [0.2, 0.25) is 0 Å². The number of carbonyl (C=O) groups is 2. The van der Waals surface area contributed by atoms with Crippen molar-refractivity contribution >= 4 is 11.9 Å². The van der Waals surface area contributed by atoms with Gasteiger partial charge in [0.15, 0.2) is 11.5 Å². The summed E-state index contributed by atoms with van der Waals surface area (Å²) < 4.78 is 39.0. The Balaban J connectivity index is 1.62. The van der Waals surface area contributed by atoms with Crippen LogP contribution in [-0.4, -0.2) is 31.3 Å². The maximum absolute atomic E-state index is 12.9. The number of carbonyl (C=O) groups excluding carboxylic acids is 2. The molecule has 0 aliphatic carbocycles. The third kappa shape index (κ3) is 2.88. The van der Waals surface area contributed by atoms with Gasteiger partial charge >= 0.3 is 12.3 Å². The van der Waals surface area contributed by atoms with Gasteiger partial charge in [-0.3, -0.25) is 9.59 Å². The quantitative estimate of drug-likeness (QED) is 0.852. The summed E-state index contributed by atoms with van der Waals surface area (Å²) in [5, 5.41) is 2.62. The first-order chi connectivity index (χ1) is 9.93. The summed E-state index contributed by atoms with van der Waals surface area (Å²) in [6.07, 6.45) is -3.45. The number of hydrogen-bond donors (Lipinski definition) is 1. The fourth-order valence-electron chi connectivity index (χ4n) is 2.12. The topological polar surface area (TPSA) is 73.9 Å². The number of cyclic esters (lactones) is 1. The lowest BCUT2D eigenvalue weighted by atomic mass is 10.1. The van der Waals surface area contributed by atoms with Crippen molar-refractivity contribution in [1.29, 1.82) is 0 Å². The molecule has 1 amide bonds. The van der Waals surface area contributed by atoms with Gasteiger partial charge < -0.3 is 19.5 Å². The number of fused-ring (bicyclic) bond motifs is 1. The molecule has 112 valence electrons. The van der Waals surface area contributed by atoms with Gasteiger partial charge in [-0.15, -0.1) is 8.78 Å². The van der Waals surface area contributed by atoms with E-state index >= 15 is 0 Å². The maximum Gasteiger partial charge on any atom is 0.586 e. The van der Waals surface area contributed by atoms with Gasteiger partial charge in [-0.1, -0.05) is 0 Å². The summed E-state index contributed by atoms with van der Waals surface area (Å²) in [4.78, 5) is 22.8. The maximum atomic E-state index is 12.9. The van der Waals surface area contributed by atoms with Gasteiger partial charge in [0.05, 0.1) is 13.0 Å². The van der Waals surface area contributed by atoms with Gasteiger partial charge in [-0.2, -0.15) is 0 Å². The molecule has 2 aliphatic heterocycles. The van der Waals surface area contributed by atoms with Crippen molar-refractivity contribution in [2.45, 2.75) is 12.7 Å². The monoisotopic (exact) mass is 299 g/mol. The molecule has 2 heterocycles. The van der Waals surface area contributed by atoms with Crippen LogP contribution in [-0.2, 0) is 9.53 Å². The number of rotatable bonds is 3. The van der Waals surface area contributed by atoms with Gasteiger partial charge in [0.1, 0.15) is 0 Å². The highest BCUT2D eigenvalue weighted by atomic mass is 19.3. The molecule has 2 aliphatic rings. The second-order valence-electron chi connectivity index (χ2n) is 4.79. The summed E-state index contributed by atoms with van der Waals surface area (Å²) in [7, 11) is 0. The molecule has 1 aromatic rings. The van der Waals surface area contributed by atoms with Crippen molar-refractivity contribution in [1.82, 2.24) is 5.32 Å². The molecule has 0 aromatic heterocycles. The van der Waals surface area contributed by atoms with E-state index < -0.39 is 12.2 Å². The van der Waals surface area contributed by atoms with Crippen LogP contribution < -0.4 is 14.8 Å². The first-order valence-electron chi connectivity index (χ1n) is 6.27. The van der Waals surface area contributed by atoms with Gasteiger partial charge in [0, 0.05) is 18.0 Å². The fourth-order valence-corrected chi connectivity index (χ4v) is 2.12. The molecule has 1 atom stereocenters. The lowest BCUT2D eigenvalue weighted by Gasteiger charge is -2.08. The number of nitrogens with one attached hydrogen (secondary N) is 1. The molecule has 1 unspecified atom stereocenters. The van der Waals surface area contributed by atoms with Crippen molar-refractivity contribution in [3.63, 3.8) is 0 Å². The molecular weight excluding hydrogens is 288 g/mol. The van der Waals surface area contributed by atoms with Crippen LogP contribution in [0, 0.1) is 5.92 Å². The first-order valence-corrected chi connectivity index (χ1v) is 6.27. The van der Waals surface area contributed by atoms with Crippen molar-refractivity contribution < 1.29 is 32.6 Å². The molecule has 1 fully saturated rings. The van der Waals surface area contributed by atoms with Crippen LogP contribution in [0.3, 0.4) is 0 Å². The molecular formula is C13H11F2NO5. The van der Waals surface area contributed by atoms with E-state index in [4.69, 9.17) is 4.74 Å². The predicted octanol–water partition coefficient (Wildman–Crippen LogP) is 1.30. The summed E-state index contributed by atoms with van der Waals surface area (Å²) in [6, 6.07) is 3.78. The van der Waals surface area contributed by atoms with Crippen LogP contribution in [0.5, 0.6) is 11.5 Å². The Kier molecular flexibility index (Phi) is 3.15. The smallest absolute Gasteiger partial charge is 0.465 e. The third-order valence-electron chi connectivity index (χ3n) is 3.15. The predicted molar refractivity (Wildman–Crippen MR) is 64.0 cm³/mol. The Bertz CT molecular complexity index is 604. The molecule has 3 rings (SSSR count). The molecule has 0 bridgehead atoms. The first kappa shape index (κ1) is 13.6. The Morgan fingerprint density at radius 2 is 2.10 bits per heavy atom. The van der Waals surface area contributed by atoms with E-state index in [1.54, 1.807) is 0 Å². The normalized spacial score (nSPS) is 22.0. The number of ether oxygens (including phenoxy) is 3. The van der Waals surface area contributed by atoms with Crippen LogP contribution in [0.15, 0.2) is 18.2 Å². The Morgan fingerprint density at radius 3 is 2.81 bits per heavy atom. The molecule has 1 aromatic carbocycles. The standard InChI is InChI=1S/C13H11F2NO5/c14-13(15)20-9-2-1-8(4-10(9)21-13)12(18)16-5-7-3-11(17)19-6-7/h1-2,4,7H,3,5-6H2,(H,16,18). The Labute approximate surface area is 118 Å². The van der Waals surface area contributed by atoms with E-state index in [0.717, 1.165) is 0 Å². The highest BCUT2D eigenvalue weighted by Gasteiger charge is 2.43. The van der Waals surface area contributed by atoms with Crippen molar-refractivity contribution in [3.8, 4) is 11.5 Å². The van der Waals surface area contributed by atoms with Gasteiger partial charge in [-0.05, 0) is 18.2 Å². The number of amides is 1. The van der Waals surface area contributed by atoms with Crippen molar-refractivity contribution in [3.05, 3.63) is 23.8 Å². The second-order valence-corrected chi connectivity index (χ2v) is 4.79. The van der Waals surface area contributed by atoms with Crippen molar-refractivity contribution in [2.75, 3.05) is 13.2 Å². The number of alkyl halides is 2. The lowest BCUT2D eigenvalue weighted by Crippen LogP contribution is -2.29. The lowest BCUT2D eigenvalue weighted by molar-refractivity contribution is -0.286. The molecule has 0 saturated carbocycles. The second kappa shape index (κ2) is 4.87. The van der Waals surface area contributed by atoms with Crippen molar-refractivity contribution in [2.24, 2.45) is 5.92 Å². The third-order valence-corrected chi connectivity index (χ3v) is 3.15. The van der Waals surface area contributed by atoms with E-state index in [2.05, 4.69) is 14.8 Å². The summed E-state index contributed by atoms with van der Waals surface area (Å²) >= 11 is 0. The van der Waals surface area contributed by atoms with E-state index in [1.165, 1.54) is 18.2 Å². The zero-order chi connectivity index (χ0) is 15.0. The summed E-state index contributed by atoms with van der Waals surface area (Å²) in [5.41, 5.74) is 0.167. The number of halogens is 2. The average molecular weight is 299 g/mol. The zero-order valence-electron chi connectivity index (χ0n) is 10.7. The fraction of sp³-hybridized carbons (Fsp3) is 0.385. The number of esters is 1. The Hall–Kier alpha value is -2.38. The molecule has 21 heavy (non-hydrogen) atoms. The van der Waals surface area contributed by atoms with Gasteiger partial charge in [-0.25, -0.2) is 0 Å². The minimum atomic E-state index is -3.71. The van der Waals surface area contributed by atoms with E-state index in [0.29, 0.717) is 0 Å². The molecule has 0 radical (unpaired) electrons. The highest BCUT2D eigenvalue weighted by molar-refractivity contribution is 5.95. The van der Waals surface area contributed by atoms with Crippen LogP contribution in [0.2, 0.25) is 0 Å². The molecule has 0 spiro atoms. The van der Waals surface area contributed by atoms with Crippen LogP contribution >= 0.6 is 0 Å². The van der Waals surface area contributed by atoms with E-state index in [-0.39, 0.29) is 48.5 Å². The molecule has 8 heteroatoms. The average Bonchev–Trinajstić information content (AvgIpc) is 2.96. The number of benzene rings is 1. The molecule has 1 saturated heterocycles. The molecule has 6 nitrogen and oxygen atoms in total. The highest BCUT2D eigenvalue weighted by Crippen LogP contribution is 2.41. The summed E-state index contributed by atoms with van der Waals surface area (Å²) in [5.74, 6) is -1.12. The minimum Gasteiger partial charge on any atom is -0.465 e. The zero-order valence-corrected chi connectivity index (χ0v) is 10.7. The largest absolute Gasteiger partial charge is 0.586 e. The van der Waals surface area contributed by atoms with Gasteiger partial charge in [0.25, 0.3) is 5.91 Å². The van der Waals surface area contributed by atoms with Crippen LogP contribution in [0.1, 0.15) is 16.8 Å². The summed E-state index contributed by atoms with van der Waals surface area (Å²) in [6.45, 7) is 0.543. The number of hydrogen-bond acceptors (Lipinski definition) is 5. The van der Waals surface area contributed by atoms with E-state index in [9.17, 15) is 18.4 Å². The van der Waals surface area contributed by atoms with Crippen LogP contribution in [0.4, 0.5) is 8.78 Å². The molecule has 1 N–H and O–H groups in total. The SMILES string of the molecule is O=C1CC(CNC(=O)c2ccc3c(c2)OC(F)(F)O3)CO1. The van der Waals surface area contributed by atoms with Crippen LogP contribution in [0.25, 0.3) is 0 Å². The Morgan fingerprint density at radius 1 is 1.33 bits per heavy atom.